The molecule has 0 amide bonds. The zero-order valence-corrected chi connectivity index (χ0v) is 29.0. The molecule has 0 saturated carbocycles. The summed E-state index contributed by atoms with van der Waals surface area (Å²) in [6, 6.07) is 64.0. The molecule has 0 bridgehead atoms. The van der Waals surface area contributed by atoms with Crippen LogP contribution in [0.25, 0.3) is 109 Å². The van der Waals surface area contributed by atoms with Crippen molar-refractivity contribution < 1.29 is 4.42 Å². The van der Waals surface area contributed by atoms with E-state index in [2.05, 4.69) is 181 Å². The van der Waals surface area contributed by atoms with Crippen LogP contribution in [0.2, 0.25) is 0 Å². The van der Waals surface area contributed by atoms with Crippen LogP contribution in [0.3, 0.4) is 0 Å². The molecule has 0 spiro atoms. The van der Waals surface area contributed by atoms with Crippen LogP contribution in [0.5, 0.6) is 0 Å². The molecule has 1 nitrogen and oxygen atoms in total. The van der Waals surface area contributed by atoms with Crippen LogP contribution in [0.15, 0.2) is 186 Å². The quantitative estimate of drug-likeness (QED) is 0.169. The first-order valence-electron chi connectivity index (χ1n) is 17.7. The van der Waals surface area contributed by atoms with Crippen molar-refractivity contribution >= 4 is 76.4 Å². The number of fused-ring (bicyclic) bond motifs is 7. The molecular formula is C50H30OS. The van der Waals surface area contributed by atoms with Gasteiger partial charge in [0.1, 0.15) is 11.2 Å². The fraction of sp³-hybridized carbons (Fsp3) is 0. The summed E-state index contributed by atoms with van der Waals surface area (Å²) in [5.41, 5.74) is 10.4. The lowest BCUT2D eigenvalue weighted by Gasteiger charge is -2.17. The summed E-state index contributed by atoms with van der Waals surface area (Å²) in [4.78, 5) is 1.29. The summed E-state index contributed by atoms with van der Waals surface area (Å²) < 4.78 is 6.67. The normalized spacial score (nSPS) is 11.8. The molecule has 9 aromatic carbocycles. The van der Waals surface area contributed by atoms with Crippen LogP contribution in [-0.2, 0) is 0 Å². The van der Waals surface area contributed by atoms with Crippen molar-refractivity contribution in [2.75, 3.05) is 0 Å². The van der Waals surface area contributed by atoms with Crippen molar-refractivity contribution in [1.29, 1.82) is 0 Å². The van der Waals surface area contributed by atoms with E-state index in [1.807, 2.05) is 0 Å². The van der Waals surface area contributed by atoms with E-state index in [1.54, 1.807) is 11.3 Å². The van der Waals surface area contributed by atoms with Crippen LogP contribution in [0.4, 0.5) is 0 Å². The maximum absolute atomic E-state index is 6.67. The summed E-state index contributed by atoms with van der Waals surface area (Å²) in [6.45, 7) is 0. The first-order chi connectivity index (χ1) is 25.8. The Balaban J connectivity index is 1.13. The van der Waals surface area contributed by atoms with Gasteiger partial charge in [-0.15, -0.1) is 11.3 Å². The van der Waals surface area contributed by atoms with Gasteiger partial charge in [-0.1, -0.05) is 146 Å². The Morgan fingerprint density at radius 3 is 1.27 bits per heavy atom. The van der Waals surface area contributed by atoms with Crippen molar-refractivity contribution in [2.24, 2.45) is 0 Å². The molecule has 2 heteroatoms. The molecule has 11 aromatic rings. The average Bonchev–Trinajstić information content (AvgIpc) is 3.87. The molecule has 11 rings (SSSR count). The first kappa shape index (κ1) is 29.3. The topological polar surface area (TPSA) is 13.1 Å². The molecule has 0 fully saturated rings. The largest absolute Gasteiger partial charge is 0.456 e. The van der Waals surface area contributed by atoms with Crippen LogP contribution in [0.1, 0.15) is 0 Å². The van der Waals surface area contributed by atoms with Crippen LogP contribution in [-0.4, -0.2) is 0 Å². The van der Waals surface area contributed by atoms with Gasteiger partial charge in [0.2, 0.25) is 0 Å². The third kappa shape index (κ3) is 4.35. The number of furan rings is 1. The molecule has 52 heavy (non-hydrogen) atoms. The molecule has 0 radical (unpaired) electrons. The standard InChI is InChI=1S/C50H30OS/c1-2-13-31(14-3-1)47-35-15-4-6-17-37(35)48(38-18-7-5-16-36(38)47)32-25-27-44-43(29-32)34-26-24-33(30-45(34)51-44)49-39-19-8-10-21-41(39)50(46-23-12-28-52-46)42-22-11-9-20-40(42)49/h1-30H. The van der Waals surface area contributed by atoms with Gasteiger partial charge < -0.3 is 4.42 Å². The van der Waals surface area contributed by atoms with Crippen LogP contribution < -0.4 is 0 Å². The summed E-state index contributed by atoms with van der Waals surface area (Å²) in [6.07, 6.45) is 0. The highest BCUT2D eigenvalue weighted by Crippen LogP contribution is 2.47. The summed E-state index contributed by atoms with van der Waals surface area (Å²) in [5, 5.41) is 14.5. The highest BCUT2D eigenvalue weighted by atomic mass is 32.1. The van der Waals surface area contributed by atoms with Gasteiger partial charge in [-0.2, -0.15) is 0 Å². The smallest absolute Gasteiger partial charge is 0.136 e. The van der Waals surface area contributed by atoms with Crippen molar-refractivity contribution in [3.8, 4) is 43.8 Å². The SMILES string of the molecule is c1ccc(-c2c3ccccc3c(-c3ccc4oc5cc(-c6c7ccccc7c(-c7cccs7)c7ccccc67)ccc5c4c3)c3ccccc23)cc1. The molecule has 0 saturated heterocycles. The lowest BCUT2D eigenvalue weighted by molar-refractivity contribution is 0.669. The minimum Gasteiger partial charge on any atom is -0.456 e. The van der Waals surface area contributed by atoms with Gasteiger partial charge in [0, 0.05) is 21.2 Å². The van der Waals surface area contributed by atoms with Crippen molar-refractivity contribution in [3.63, 3.8) is 0 Å². The number of rotatable bonds is 4. The molecule has 0 atom stereocenters. The third-order valence-electron chi connectivity index (χ3n) is 10.7. The molecule has 0 aliphatic rings. The number of thiophene rings is 1. The van der Waals surface area contributed by atoms with Crippen LogP contribution in [0, 0.1) is 0 Å². The molecule has 0 aliphatic carbocycles. The molecule has 242 valence electrons. The Labute approximate surface area is 304 Å². The Bertz CT molecular complexity index is 3050. The second-order valence-corrected chi connectivity index (χ2v) is 14.5. The number of hydrogen-bond acceptors (Lipinski definition) is 2. The van der Waals surface area contributed by atoms with E-state index < -0.39 is 0 Å². The van der Waals surface area contributed by atoms with Gasteiger partial charge in [0.05, 0.1) is 0 Å². The summed E-state index contributed by atoms with van der Waals surface area (Å²) in [5.74, 6) is 0. The van der Waals surface area contributed by atoms with Crippen LogP contribution >= 0.6 is 11.3 Å². The van der Waals surface area contributed by atoms with E-state index in [0.717, 1.165) is 27.5 Å². The second-order valence-electron chi connectivity index (χ2n) is 13.5. The third-order valence-corrected chi connectivity index (χ3v) is 11.6. The minimum absolute atomic E-state index is 0.896. The van der Waals surface area contributed by atoms with Crippen molar-refractivity contribution in [3.05, 3.63) is 181 Å². The minimum atomic E-state index is 0.896. The highest BCUT2D eigenvalue weighted by Gasteiger charge is 2.20. The fourth-order valence-electron chi connectivity index (χ4n) is 8.57. The number of benzene rings is 9. The zero-order valence-electron chi connectivity index (χ0n) is 28.1. The zero-order chi connectivity index (χ0) is 34.2. The lowest BCUT2D eigenvalue weighted by atomic mass is 9.85. The van der Waals surface area contributed by atoms with Gasteiger partial charge in [0.25, 0.3) is 0 Å². The van der Waals surface area contributed by atoms with Gasteiger partial charge in [-0.25, -0.2) is 0 Å². The van der Waals surface area contributed by atoms with Gasteiger partial charge in [-0.05, 0) is 112 Å². The molecule has 0 N–H and O–H groups in total. The molecule has 2 aromatic heterocycles. The van der Waals surface area contributed by atoms with E-state index in [1.165, 1.54) is 81.3 Å². The average molecular weight is 679 g/mol. The Morgan fingerprint density at radius 2 is 0.750 bits per heavy atom. The van der Waals surface area contributed by atoms with E-state index in [9.17, 15) is 0 Å². The molecular weight excluding hydrogens is 649 g/mol. The van der Waals surface area contributed by atoms with E-state index >= 15 is 0 Å². The lowest BCUT2D eigenvalue weighted by Crippen LogP contribution is -1.90. The fourth-order valence-corrected chi connectivity index (χ4v) is 9.37. The maximum atomic E-state index is 6.67. The Hall–Kier alpha value is -6.48. The molecule has 0 unspecified atom stereocenters. The predicted molar refractivity (Wildman–Crippen MR) is 223 cm³/mol. The molecule has 2 heterocycles. The second kappa shape index (κ2) is 11.5. The van der Waals surface area contributed by atoms with Crippen molar-refractivity contribution in [1.82, 2.24) is 0 Å². The van der Waals surface area contributed by atoms with E-state index in [0.29, 0.717) is 0 Å². The predicted octanol–water partition coefficient (Wildman–Crippen LogP) is 14.9. The summed E-state index contributed by atoms with van der Waals surface area (Å²) in [7, 11) is 0. The first-order valence-corrected chi connectivity index (χ1v) is 18.6. The van der Waals surface area contributed by atoms with Crippen molar-refractivity contribution in [2.45, 2.75) is 0 Å². The number of hydrogen-bond donors (Lipinski definition) is 0. The molecule has 0 aliphatic heterocycles. The van der Waals surface area contributed by atoms with Gasteiger partial charge in [0.15, 0.2) is 0 Å². The van der Waals surface area contributed by atoms with Gasteiger partial charge in [-0.3, -0.25) is 0 Å². The van der Waals surface area contributed by atoms with E-state index in [-0.39, 0.29) is 0 Å². The highest BCUT2D eigenvalue weighted by molar-refractivity contribution is 7.13. The maximum Gasteiger partial charge on any atom is 0.136 e. The van der Waals surface area contributed by atoms with E-state index in [4.69, 9.17) is 4.42 Å². The van der Waals surface area contributed by atoms with Gasteiger partial charge >= 0.3 is 0 Å². The summed E-state index contributed by atoms with van der Waals surface area (Å²) >= 11 is 1.80. The monoisotopic (exact) mass is 678 g/mol. The Kier molecular flexibility index (Phi) is 6.49. The Morgan fingerprint density at radius 1 is 0.288 bits per heavy atom.